The number of hydrogen-bond acceptors (Lipinski definition) is 7. The van der Waals surface area contributed by atoms with Crippen molar-refractivity contribution in [1.82, 2.24) is 0 Å². The van der Waals surface area contributed by atoms with E-state index in [1.54, 1.807) is 0 Å². The van der Waals surface area contributed by atoms with E-state index in [2.05, 4.69) is 0 Å². The van der Waals surface area contributed by atoms with Crippen LogP contribution < -0.4 is 0 Å². The molecule has 1 saturated heterocycles. The second kappa shape index (κ2) is 14.4. The molecule has 0 amide bonds. The Labute approximate surface area is 272 Å². The number of carbonyl (C=O) groups excluding carboxylic acids is 1. The molecule has 8 rings (SSSR count). The van der Waals surface area contributed by atoms with Gasteiger partial charge in [-0.05, 0) is 73.0 Å². The summed E-state index contributed by atoms with van der Waals surface area (Å²) in [6.07, 6.45) is 3.65. The topological polar surface area (TPSA) is 72.5 Å². The molecule has 4 saturated carbocycles. The van der Waals surface area contributed by atoms with E-state index in [-0.39, 0.29) is 12.2 Å². The highest BCUT2D eigenvalue weighted by Crippen LogP contribution is 2.58. The van der Waals surface area contributed by atoms with Gasteiger partial charge in [0.1, 0.15) is 18.3 Å². The van der Waals surface area contributed by atoms with Crippen LogP contribution in [0.25, 0.3) is 0 Å². The molecule has 0 aromatic heterocycles. The van der Waals surface area contributed by atoms with E-state index < -0.39 is 36.7 Å². The van der Waals surface area contributed by atoms with Crippen LogP contribution in [0.1, 0.15) is 62.1 Å². The molecule has 3 aromatic carbocycles. The lowest BCUT2D eigenvalue weighted by molar-refractivity contribution is -0.353. The van der Waals surface area contributed by atoms with Crippen LogP contribution in [0, 0.1) is 17.8 Å². The van der Waals surface area contributed by atoms with Gasteiger partial charge in [-0.1, -0.05) is 91.0 Å². The minimum absolute atomic E-state index is 0.269. The number of esters is 1. The van der Waals surface area contributed by atoms with Gasteiger partial charge in [0.15, 0.2) is 12.4 Å². The second-order valence-electron chi connectivity index (χ2n) is 13.9. The monoisotopic (exact) mass is 626 g/mol. The number of hydrogen-bond donors (Lipinski definition) is 0. The average molecular weight is 627 g/mol. The lowest BCUT2D eigenvalue weighted by Crippen LogP contribution is -2.64. The maximum atomic E-state index is 12.7. The summed E-state index contributed by atoms with van der Waals surface area (Å²) in [7, 11) is 0. The van der Waals surface area contributed by atoms with Crippen LogP contribution in [-0.2, 0) is 53.0 Å². The van der Waals surface area contributed by atoms with E-state index >= 15 is 0 Å². The van der Waals surface area contributed by atoms with Gasteiger partial charge in [0.2, 0.25) is 0 Å². The molecule has 0 spiro atoms. The van der Waals surface area contributed by atoms with Gasteiger partial charge < -0.3 is 28.4 Å². The van der Waals surface area contributed by atoms with E-state index in [9.17, 15) is 4.79 Å². The molecule has 1 heterocycles. The van der Waals surface area contributed by atoms with E-state index in [4.69, 9.17) is 28.4 Å². The summed E-state index contributed by atoms with van der Waals surface area (Å²) in [6.45, 7) is 2.83. The van der Waals surface area contributed by atoms with Crippen LogP contribution in [0.5, 0.6) is 0 Å². The molecule has 244 valence electrons. The standard InChI is InChI=1S/C39H46O7/c1-27(40)44-37-36(43-25-30-15-9-4-10-16-30)35(42-24-29-13-7-3-8-14-29)34(26-41-23-28-11-5-2-6-12-28)45-38(37)46-39-20-31-17-32(21-39)19-33(18-31)22-39/h2-16,31-38H,17-26H2,1H3/t31?,32?,33?,34-,35-,36+,37-,38+,39?/m1/s1. The Balaban J connectivity index is 1.18. The summed E-state index contributed by atoms with van der Waals surface area (Å²) in [5.41, 5.74) is 2.86. The van der Waals surface area contributed by atoms with Crippen LogP contribution in [0.4, 0.5) is 0 Å². The SMILES string of the molecule is CC(=O)O[C@H]1[C@H](OC23CC4CC(CC(C4)C2)C3)O[C@H](COCc2ccccc2)[C@@H](OCc2ccccc2)[C@@H]1OCc1ccccc1. The molecule has 5 fully saturated rings. The second-order valence-corrected chi connectivity index (χ2v) is 13.9. The van der Waals surface area contributed by atoms with Crippen LogP contribution in [0.15, 0.2) is 91.0 Å². The van der Waals surface area contributed by atoms with Gasteiger partial charge in [-0.2, -0.15) is 0 Å². The molecule has 0 unspecified atom stereocenters. The largest absolute Gasteiger partial charge is 0.454 e. The fourth-order valence-corrected chi connectivity index (χ4v) is 8.64. The molecule has 7 nitrogen and oxygen atoms in total. The first kappa shape index (κ1) is 31.5. The van der Waals surface area contributed by atoms with Gasteiger partial charge in [-0.3, -0.25) is 4.79 Å². The predicted octanol–water partition coefficient (Wildman–Crippen LogP) is 7.02. The van der Waals surface area contributed by atoms with Gasteiger partial charge in [0, 0.05) is 6.92 Å². The Morgan fingerprint density at radius 3 is 1.65 bits per heavy atom. The van der Waals surface area contributed by atoms with Gasteiger partial charge in [0.05, 0.1) is 32.0 Å². The first-order valence-electron chi connectivity index (χ1n) is 17.0. The molecule has 7 heteroatoms. The highest BCUT2D eigenvalue weighted by molar-refractivity contribution is 5.66. The third-order valence-electron chi connectivity index (χ3n) is 10.2. The fourth-order valence-electron chi connectivity index (χ4n) is 8.64. The minimum Gasteiger partial charge on any atom is -0.454 e. The Hall–Kier alpha value is -3.07. The minimum atomic E-state index is -0.805. The number of ether oxygens (including phenoxy) is 6. The van der Waals surface area contributed by atoms with E-state index in [1.807, 2.05) is 91.0 Å². The van der Waals surface area contributed by atoms with Gasteiger partial charge >= 0.3 is 5.97 Å². The zero-order valence-electron chi connectivity index (χ0n) is 26.7. The van der Waals surface area contributed by atoms with Crippen molar-refractivity contribution < 1.29 is 33.2 Å². The third-order valence-corrected chi connectivity index (χ3v) is 10.2. The van der Waals surface area contributed by atoms with Crippen molar-refractivity contribution in [2.45, 2.75) is 102 Å². The summed E-state index contributed by atoms with van der Waals surface area (Å²) in [4.78, 5) is 12.7. The van der Waals surface area contributed by atoms with Crippen molar-refractivity contribution >= 4 is 5.97 Å². The maximum absolute atomic E-state index is 12.7. The molecule has 3 aromatic rings. The summed E-state index contributed by atoms with van der Waals surface area (Å²) in [5, 5.41) is 0. The Bertz CT molecular complexity index is 1360. The van der Waals surface area contributed by atoms with Crippen LogP contribution >= 0.6 is 0 Å². The van der Waals surface area contributed by atoms with E-state index in [0.717, 1.165) is 36.0 Å². The maximum Gasteiger partial charge on any atom is 0.303 e. The molecule has 0 N–H and O–H groups in total. The Morgan fingerprint density at radius 1 is 0.674 bits per heavy atom. The third kappa shape index (κ3) is 7.56. The predicted molar refractivity (Wildman–Crippen MR) is 172 cm³/mol. The average Bonchev–Trinajstić information content (AvgIpc) is 3.05. The van der Waals surface area contributed by atoms with Crippen molar-refractivity contribution in [3.8, 4) is 0 Å². The summed E-state index contributed by atoms with van der Waals surface area (Å²) < 4.78 is 39.7. The fraction of sp³-hybridized carbons (Fsp3) is 0.513. The molecular formula is C39H46O7. The molecule has 46 heavy (non-hydrogen) atoms. The zero-order valence-corrected chi connectivity index (χ0v) is 26.7. The first-order valence-corrected chi connectivity index (χ1v) is 17.0. The van der Waals surface area contributed by atoms with Crippen LogP contribution in [0.2, 0.25) is 0 Å². The van der Waals surface area contributed by atoms with Crippen LogP contribution in [-0.4, -0.2) is 48.9 Å². The number of benzene rings is 3. The first-order chi connectivity index (χ1) is 22.5. The van der Waals surface area contributed by atoms with Crippen molar-refractivity contribution in [3.05, 3.63) is 108 Å². The molecule has 4 aliphatic carbocycles. The molecule has 5 atom stereocenters. The van der Waals surface area contributed by atoms with Crippen molar-refractivity contribution in [2.75, 3.05) is 6.61 Å². The zero-order chi connectivity index (χ0) is 31.3. The van der Waals surface area contributed by atoms with E-state index in [0.29, 0.717) is 37.6 Å². The van der Waals surface area contributed by atoms with Crippen molar-refractivity contribution in [2.24, 2.45) is 17.8 Å². The highest BCUT2D eigenvalue weighted by Gasteiger charge is 2.57. The molecule has 5 aliphatic rings. The smallest absolute Gasteiger partial charge is 0.303 e. The van der Waals surface area contributed by atoms with Gasteiger partial charge in [0.25, 0.3) is 0 Å². The van der Waals surface area contributed by atoms with Crippen LogP contribution in [0.3, 0.4) is 0 Å². The molecule has 1 aliphatic heterocycles. The Morgan fingerprint density at radius 2 is 1.15 bits per heavy atom. The summed E-state index contributed by atoms with van der Waals surface area (Å²) in [6, 6.07) is 30.2. The van der Waals surface area contributed by atoms with E-state index in [1.165, 1.54) is 26.2 Å². The molecular weight excluding hydrogens is 580 g/mol. The van der Waals surface area contributed by atoms with Crippen molar-refractivity contribution in [3.63, 3.8) is 0 Å². The van der Waals surface area contributed by atoms with Crippen molar-refractivity contribution in [1.29, 1.82) is 0 Å². The highest BCUT2D eigenvalue weighted by atomic mass is 16.7. The number of rotatable bonds is 13. The normalized spacial score (nSPS) is 33.2. The van der Waals surface area contributed by atoms with Gasteiger partial charge in [-0.15, -0.1) is 0 Å². The lowest BCUT2D eigenvalue weighted by atomic mass is 9.54. The quantitative estimate of drug-likeness (QED) is 0.189. The lowest BCUT2D eigenvalue weighted by Gasteiger charge is -2.58. The molecule has 0 radical (unpaired) electrons. The van der Waals surface area contributed by atoms with Gasteiger partial charge in [-0.25, -0.2) is 0 Å². The molecule has 4 bridgehead atoms. The number of carbonyl (C=O) groups is 1. The Kier molecular flexibility index (Phi) is 9.84. The summed E-state index contributed by atoms with van der Waals surface area (Å²) >= 11 is 0. The summed E-state index contributed by atoms with van der Waals surface area (Å²) in [5.74, 6) is 1.68.